The van der Waals surface area contributed by atoms with Crippen LogP contribution in [0.15, 0.2) is 24.3 Å². The van der Waals surface area contributed by atoms with Gasteiger partial charge in [-0.3, -0.25) is 9.59 Å². The lowest BCUT2D eigenvalue weighted by atomic mass is 10.1. The van der Waals surface area contributed by atoms with Gasteiger partial charge in [-0.15, -0.1) is 0 Å². The van der Waals surface area contributed by atoms with Crippen LogP contribution in [0.1, 0.15) is 25.3 Å². The molecule has 0 atom stereocenters. The predicted octanol–water partition coefficient (Wildman–Crippen LogP) is 1.83. The summed E-state index contributed by atoms with van der Waals surface area (Å²) >= 11 is 0. The number of halogens is 1. The van der Waals surface area contributed by atoms with Crippen molar-refractivity contribution >= 4 is 11.9 Å². The molecule has 5 heteroatoms. The first-order valence-electron chi connectivity index (χ1n) is 6.22. The standard InChI is InChI=1S/C14H18FNO3/c1-11(17)16-8-3-9-19-14(18)7-6-12-4-2-5-13(15)10-12/h2,4-5,10H,3,6-9H2,1H3,(H,16,17). The molecule has 1 rings (SSSR count). The molecule has 0 spiro atoms. The molecule has 0 bridgehead atoms. The van der Waals surface area contributed by atoms with Crippen LogP contribution in [0.25, 0.3) is 0 Å². The Kier molecular flexibility index (Phi) is 6.57. The van der Waals surface area contributed by atoms with Crippen molar-refractivity contribution in [3.63, 3.8) is 0 Å². The van der Waals surface area contributed by atoms with E-state index in [0.717, 1.165) is 5.56 Å². The smallest absolute Gasteiger partial charge is 0.306 e. The molecule has 104 valence electrons. The number of hydrogen-bond acceptors (Lipinski definition) is 3. The number of carbonyl (C=O) groups excluding carboxylic acids is 2. The van der Waals surface area contributed by atoms with E-state index < -0.39 is 0 Å². The molecule has 0 saturated heterocycles. The van der Waals surface area contributed by atoms with E-state index in [1.165, 1.54) is 19.1 Å². The molecule has 0 aliphatic carbocycles. The van der Waals surface area contributed by atoms with Crippen LogP contribution in [0.2, 0.25) is 0 Å². The Morgan fingerprint density at radius 2 is 2.16 bits per heavy atom. The summed E-state index contributed by atoms with van der Waals surface area (Å²) in [4.78, 5) is 22.0. The summed E-state index contributed by atoms with van der Waals surface area (Å²) < 4.78 is 17.9. The van der Waals surface area contributed by atoms with Crippen molar-refractivity contribution in [2.45, 2.75) is 26.2 Å². The van der Waals surface area contributed by atoms with E-state index in [1.54, 1.807) is 12.1 Å². The maximum atomic E-state index is 12.9. The Morgan fingerprint density at radius 3 is 2.84 bits per heavy atom. The average molecular weight is 267 g/mol. The van der Waals surface area contributed by atoms with E-state index >= 15 is 0 Å². The lowest BCUT2D eigenvalue weighted by molar-refractivity contribution is -0.143. The number of nitrogens with one attached hydrogen (secondary N) is 1. The second-order valence-electron chi connectivity index (χ2n) is 4.19. The second-order valence-corrected chi connectivity index (χ2v) is 4.19. The van der Waals surface area contributed by atoms with E-state index in [0.29, 0.717) is 19.4 Å². The van der Waals surface area contributed by atoms with Crippen molar-refractivity contribution in [3.8, 4) is 0 Å². The van der Waals surface area contributed by atoms with Gasteiger partial charge in [-0.25, -0.2) is 4.39 Å². The summed E-state index contributed by atoms with van der Waals surface area (Å²) in [6, 6.07) is 6.16. The molecule has 1 N–H and O–H groups in total. The largest absolute Gasteiger partial charge is 0.466 e. The molecule has 1 aromatic carbocycles. The monoisotopic (exact) mass is 267 g/mol. The van der Waals surface area contributed by atoms with Gasteiger partial charge in [0.2, 0.25) is 5.91 Å². The van der Waals surface area contributed by atoms with Crippen molar-refractivity contribution in [2.75, 3.05) is 13.2 Å². The third-order valence-corrected chi connectivity index (χ3v) is 2.46. The van der Waals surface area contributed by atoms with Gasteiger partial charge >= 0.3 is 5.97 Å². The van der Waals surface area contributed by atoms with Gasteiger partial charge in [0.1, 0.15) is 5.82 Å². The molecule has 19 heavy (non-hydrogen) atoms. The third kappa shape index (κ3) is 7.18. The lowest BCUT2D eigenvalue weighted by Gasteiger charge is -2.05. The van der Waals surface area contributed by atoms with Gasteiger partial charge in [-0.05, 0) is 30.5 Å². The van der Waals surface area contributed by atoms with Crippen molar-refractivity contribution in [3.05, 3.63) is 35.6 Å². The fraction of sp³-hybridized carbons (Fsp3) is 0.429. The molecule has 0 unspecified atom stereocenters. The molecule has 1 aromatic rings. The van der Waals surface area contributed by atoms with Crippen LogP contribution in [-0.2, 0) is 20.7 Å². The molecule has 0 saturated carbocycles. The topological polar surface area (TPSA) is 55.4 Å². The maximum Gasteiger partial charge on any atom is 0.306 e. The number of hydrogen-bond donors (Lipinski definition) is 1. The zero-order valence-corrected chi connectivity index (χ0v) is 10.9. The van der Waals surface area contributed by atoms with Crippen LogP contribution >= 0.6 is 0 Å². The Morgan fingerprint density at radius 1 is 1.37 bits per heavy atom. The summed E-state index contributed by atoms with van der Waals surface area (Å²) in [6.07, 6.45) is 1.27. The van der Waals surface area contributed by atoms with E-state index in [4.69, 9.17) is 4.74 Å². The van der Waals surface area contributed by atoms with Crippen LogP contribution in [-0.4, -0.2) is 25.0 Å². The summed E-state index contributed by atoms with van der Waals surface area (Å²) in [6.45, 7) is 2.21. The first-order chi connectivity index (χ1) is 9.08. The third-order valence-electron chi connectivity index (χ3n) is 2.46. The fourth-order valence-corrected chi connectivity index (χ4v) is 1.53. The highest BCUT2D eigenvalue weighted by Crippen LogP contribution is 2.06. The molecule has 0 aromatic heterocycles. The molecule has 0 radical (unpaired) electrons. The Labute approximate surface area is 112 Å². The minimum atomic E-state index is -0.313. The second kappa shape index (κ2) is 8.24. The summed E-state index contributed by atoms with van der Waals surface area (Å²) in [5.41, 5.74) is 0.773. The minimum absolute atomic E-state index is 0.0996. The Bertz CT molecular complexity index is 434. The lowest BCUT2D eigenvalue weighted by Crippen LogP contribution is -2.22. The number of esters is 1. The SMILES string of the molecule is CC(=O)NCCCOC(=O)CCc1cccc(F)c1. The number of ether oxygens (including phenoxy) is 1. The Balaban J connectivity index is 2.13. The van der Waals surface area contributed by atoms with Crippen LogP contribution in [0.3, 0.4) is 0 Å². The Hall–Kier alpha value is -1.91. The van der Waals surface area contributed by atoms with E-state index in [-0.39, 0.29) is 30.7 Å². The van der Waals surface area contributed by atoms with Gasteiger partial charge in [0.15, 0.2) is 0 Å². The summed E-state index contributed by atoms with van der Waals surface area (Å²) in [5.74, 6) is -0.717. The number of rotatable bonds is 7. The average Bonchev–Trinajstić information content (AvgIpc) is 2.35. The number of benzene rings is 1. The maximum absolute atomic E-state index is 12.9. The summed E-state index contributed by atoms with van der Waals surface area (Å²) in [5, 5.41) is 2.61. The van der Waals surface area contributed by atoms with E-state index in [9.17, 15) is 14.0 Å². The van der Waals surface area contributed by atoms with Crippen LogP contribution in [0, 0.1) is 5.82 Å². The summed E-state index contributed by atoms with van der Waals surface area (Å²) in [7, 11) is 0. The molecule has 1 amide bonds. The molecular weight excluding hydrogens is 249 g/mol. The highest BCUT2D eigenvalue weighted by Gasteiger charge is 2.04. The zero-order chi connectivity index (χ0) is 14.1. The van der Waals surface area contributed by atoms with Crippen LogP contribution in [0.4, 0.5) is 4.39 Å². The van der Waals surface area contributed by atoms with Gasteiger partial charge in [0, 0.05) is 19.9 Å². The minimum Gasteiger partial charge on any atom is -0.466 e. The van der Waals surface area contributed by atoms with E-state index in [2.05, 4.69) is 5.32 Å². The molecule has 4 nitrogen and oxygen atoms in total. The van der Waals surface area contributed by atoms with Gasteiger partial charge in [-0.1, -0.05) is 12.1 Å². The quantitative estimate of drug-likeness (QED) is 0.605. The first kappa shape index (κ1) is 15.1. The normalized spacial score (nSPS) is 10.0. The fourth-order valence-electron chi connectivity index (χ4n) is 1.53. The first-order valence-corrected chi connectivity index (χ1v) is 6.22. The predicted molar refractivity (Wildman–Crippen MR) is 69.0 cm³/mol. The molecular formula is C14H18FNO3. The van der Waals surface area contributed by atoms with Crippen LogP contribution in [0.5, 0.6) is 0 Å². The van der Waals surface area contributed by atoms with Gasteiger partial charge in [-0.2, -0.15) is 0 Å². The highest BCUT2D eigenvalue weighted by atomic mass is 19.1. The number of aryl methyl sites for hydroxylation is 1. The van der Waals surface area contributed by atoms with E-state index in [1.807, 2.05) is 0 Å². The van der Waals surface area contributed by atoms with Gasteiger partial charge < -0.3 is 10.1 Å². The van der Waals surface area contributed by atoms with Crippen molar-refractivity contribution in [1.29, 1.82) is 0 Å². The molecule has 0 heterocycles. The van der Waals surface area contributed by atoms with Gasteiger partial charge in [0.25, 0.3) is 0 Å². The van der Waals surface area contributed by atoms with Crippen molar-refractivity contribution in [2.24, 2.45) is 0 Å². The molecule has 0 aliphatic rings. The highest BCUT2D eigenvalue weighted by molar-refractivity contribution is 5.72. The van der Waals surface area contributed by atoms with Gasteiger partial charge in [0.05, 0.1) is 6.61 Å². The molecule has 0 aliphatic heterocycles. The number of amides is 1. The van der Waals surface area contributed by atoms with Crippen LogP contribution < -0.4 is 5.32 Å². The zero-order valence-electron chi connectivity index (χ0n) is 10.9. The van der Waals surface area contributed by atoms with Crippen molar-refractivity contribution in [1.82, 2.24) is 5.32 Å². The molecule has 0 fully saturated rings. The van der Waals surface area contributed by atoms with Crippen molar-refractivity contribution < 1.29 is 18.7 Å². The number of carbonyl (C=O) groups is 2.